The van der Waals surface area contributed by atoms with Crippen LogP contribution in [0.25, 0.3) is 0 Å². The number of phenols is 1. The van der Waals surface area contributed by atoms with E-state index in [2.05, 4.69) is 15.6 Å². The molecule has 6 N–H and O–H groups in total. The molecule has 36 heavy (non-hydrogen) atoms. The largest absolute Gasteiger partial charge is 0.508 e. The van der Waals surface area contributed by atoms with E-state index in [1.165, 1.54) is 36.4 Å². The Labute approximate surface area is 214 Å². The summed E-state index contributed by atoms with van der Waals surface area (Å²) in [4.78, 5) is 39.0. The molecule has 0 saturated heterocycles. The van der Waals surface area contributed by atoms with Gasteiger partial charge in [0.2, 0.25) is 5.96 Å². The predicted molar refractivity (Wildman–Crippen MR) is 137 cm³/mol. The van der Waals surface area contributed by atoms with Gasteiger partial charge < -0.3 is 25.4 Å². The minimum absolute atomic E-state index is 0.0794. The zero-order chi connectivity index (χ0) is 27.7. The first kappa shape index (κ1) is 30.0. The summed E-state index contributed by atoms with van der Waals surface area (Å²) < 4.78 is 10.3. The van der Waals surface area contributed by atoms with Crippen LogP contribution in [0.3, 0.4) is 0 Å². The molecular formula is C24H31ClN4O7. The summed E-state index contributed by atoms with van der Waals surface area (Å²) in [6.45, 7) is 10.1. The molecule has 0 unspecified atom stereocenters. The molecule has 0 radical (unpaired) electrons. The lowest BCUT2D eigenvalue weighted by molar-refractivity contribution is 0.0543. The molecule has 196 valence electrons. The number of hydrogen-bond acceptors (Lipinski definition) is 8. The van der Waals surface area contributed by atoms with Crippen molar-refractivity contribution in [3.8, 4) is 5.75 Å². The summed E-state index contributed by atoms with van der Waals surface area (Å²) in [5, 5.41) is 22.8. The molecule has 0 aliphatic rings. The number of carbonyl (C=O) groups excluding carboxylic acids is 2. The number of carbonyl (C=O) groups is 3. The number of carboxylic acid groups (broad SMARTS) is 1. The quantitative estimate of drug-likeness (QED) is 0.158. The Hall–Kier alpha value is -3.99. The third kappa shape index (κ3) is 12.5. The van der Waals surface area contributed by atoms with Gasteiger partial charge in [0.25, 0.3) is 0 Å². The number of benzene rings is 2. The number of amides is 2. The third-order valence-electron chi connectivity index (χ3n) is 3.58. The first-order chi connectivity index (χ1) is 16.4. The molecule has 0 aromatic heterocycles. The molecule has 0 atom stereocenters. The van der Waals surface area contributed by atoms with Gasteiger partial charge in [0.05, 0.1) is 22.0 Å². The normalized spacial score (nSPS) is 10.8. The number of nitrogens with zero attached hydrogens (tertiary/aromatic N) is 1. The lowest BCUT2D eigenvalue weighted by atomic mass is 10.2. The van der Waals surface area contributed by atoms with Crippen molar-refractivity contribution in [2.24, 2.45) is 4.99 Å². The van der Waals surface area contributed by atoms with Crippen LogP contribution in [0, 0.1) is 0 Å². The SMILES string of the molecule is CC(C)(C)OC(=O)NC(=Nc1ccc(C(=O)O)cc1)NC(=O)OC(C)(C)C.Nc1ccc(O)cc1Cl. The molecule has 0 aliphatic heterocycles. The zero-order valence-corrected chi connectivity index (χ0v) is 21.6. The monoisotopic (exact) mass is 522 g/mol. The molecule has 0 aliphatic carbocycles. The van der Waals surface area contributed by atoms with Gasteiger partial charge in [-0.15, -0.1) is 0 Å². The fourth-order valence-corrected chi connectivity index (χ4v) is 2.39. The van der Waals surface area contributed by atoms with Crippen molar-refractivity contribution in [2.45, 2.75) is 52.7 Å². The van der Waals surface area contributed by atoms with Crippen molar-refractivity contribution in [1.82, 2.24) is 10.6 Å². The van der Waals surface area contributed by atoms with E-state index in [1.54, 1.807) is 47.6 Å². The Morgan fingerprint density at radius 3 is 1.72 bits per heavy atom. The number of rotatable bonds is 2. The average molecular weight is 523 g/mol. The van der Waals surface area contributed by atoms with Crippen LogP contribution in [0.2, 0.25) is 5.02 Å². The Morgan fingerprint density at radius 2 is 1.36 bits per heavy atom. The number of carboxylic acids is 1. The molecule has 2 aromatic carbocycles. The third-order valence-corrected chi connectivity index (χ3v) is 3.91. The zero-order valence-electron chi connectivity index (χ0n) is 20.9. The number of halogens is 1. The van der Waals surface area contributed by atoms with Crippen LogP contribution in [0.1, 0.15) is 51.9 Å². The van der Waals surface area contributed by atoms with Gasteiger partial charge in [-0.25, -0.2) is 19.4 Å². The Morgan fingerprint density at radius 1 is 0.889 bits per heavy atom. The predicted octanol–water partition coefficient (Wildman–Crippen LogP) is 5.05. The number of phenolic OH excluding ortho intramolecular Hbond substituents is 1. The fourth-order valence-electron chi connectivity index (χ4n) is 2.21. The van der Waals surface area contributed by atoms with Crippen molar-refractivity contribution in [3.63, 3.8) is 0 Å². The van der Waals surface area contributed by atoms with Gasteiger partial charge >= 0.3 is 18.2 Å². The lowest BCUT2D eigenvalue weighted by Gasteiger charge is -2.22. The first-order valence-corrected chi connectivity index (χ1v) is 11.0. The summed E-state index contributed by atoms with van der Waals surface area (Å²) >= 11 is 5.53. The topological polar surface area (TPSA) is 173 Å². The van der Waals surface area contributed by atoms with Crippen molar-refractivity contribution < 1.29 is 34.1 Å². The standard InChI is InChI=1S/C18H25N3O6.C6H6ClNO/c1-17(2,3)26-15(24)20-14(21-16(25)27-18(4,5)6)19-12-9-7-11(8-10-12)13(22)23;7-5-3-4(9)1-2-6(5)8/h7-10H,1-6H3,(H,22,23)(H2,19,20,21,24,25);1-3,9H,8H2. The number of aromatic hydroxyl groups is 1. The van der Waals surface area contributed by atoms with E-state index < -0.39 is 29.4 Å². The lowest BCUT2D eigenvalue weighted by Crippen LogP contribution is -2.47. The molecule has 0 fully saturated rings. The maximum Gasteiger partial charge on any atom is 0.414 e. The molecule has 0 heterocycles. The highest BCUT2D eigenvalue weighted by Crippen LogP contribution is 2.22. The van der Waals surface area contributed by atoms with Gasteiger partial charge in [0.15, 0.2) is 0 Å². The summed E-state index contributed by atoms with van der Waals surface area (Å²) in [6.07, 6.45) is -1.64. The van der Waals surface area contributed by atoms with E-state index >= 15 is 0 Å². The number of aliphatic imine (C=N–C) groups is 1. The first-order valence-electron chi connectivity index (χ1n) is 10.6. The molecule has 12 heteroatoms. The van der Waals surface area contributed by atoms with E-state index in [0.717, 1.165) is 0 Å². The Balaban J connectivity index is 0.000000600. The number of hydrogen-bond donors (Lipinski definition) is 5. The number of nitrogens with two attached hydrogens (primary N) is 1. The van der Waals surface area contributed by atoms with E-state index in [4.69, 9.17) is 37.0 Å². The number of alkyl carbamates (subject to hydrolysis) is 2. The van der Waals surface area contributed by atoms with Gasteiger partial charge in [0, 0.05) is 6.07 Å². The Kier molecular flexibility index (Phi) is 10.5. The Bertz CT molecular complexity index is 1070. The van der Waals surface area contributed by atoms with E-state index in [0.29, 0.717) is 16.4 Å². The van der Waals surface area contributed by atoms with Crippen LogP contribution in [-0.2, 0) is 9.47 Å². The number of guanidine groups is 1. The van der Waals surface area contributed by atoms with E-state index in [-0.39, 0.29) is 17.3 Å². The minimum atomic E-state index is -1.08. The van der Waals surface area contributed by atoms with Crippen LogP contribution >= 0.6 is 11.6 Å². The second kappa shape index (κ2) is 12.6. The van der Waals surface area contributed by atoms with E-state index in [1.807, 2.05) is 0 Å². The van der Waals surface area contributed by atoms with Crippen LogP contribution in [0.5, 0.6) is 5.75 Å². The van der Waals surface area contributed by atoms with Crippen molar-refractivity contribution in [2.75, 3.05) is 5.73 Å². The highest BCUT2D eigenvalue weighted by atomic mass is 35.5. The second-order valence-corrected chi connectivity index (χ2v) is 9.68. The molecule has 2 amide bonds. The van der Waals surface area contributed by atoms with Gasteiger partial charge in [-0.05, 0) is 77.9 Å². The number of nitrogens with one attached hydrogen (secondary N) is 2. The van der Waals surface area contributed by atoms with Crippen LogP contribution in [-0.4, -0.2) is 45.5 Å². The van der Waals surface area contributed by atoms with Gasteiger partial charge in [-0.3, -0.25) is 10.6 Å². The molecule has 0 bridgehead atoms. The van der Waals surface area contributed by atoms with Gasteiger partial charge in [0.1, 0.15) is 17.0 Å². The van der Waals surface area contributed by atoms with Gasteiger partial charge in [-0.2, -0.15) is 0 Å². The molecular weight excluding hydrogens is 492 g/mol. The van der Waals surface area contributed by atoms with Crippen molar-refractivity contribution in [1.29, 1.82) is 0 Å². The summed E-state index contributed by atoms with van der Waals surface area (Å²) in [6, 6.07) is 9.99. The average Bonchev–Trinajstić information content (AvgIpc) is 2.69. The second-order valence-electron chi connectivity index (χ2n) is 9.27. The maximum absolute atomic E-state index is 12.0. The number of nitrogen functional groups attached to an aromatic ring is 1. The van der Waals surface area contributed by atoms with Crippen LogP contribution in [0.15, 0.2) is 47.5 Å². The summed E-state index contributed by atoms with van der Waals surface area (Å²) in [5.74, 6) is -1.17. The van der Waals surface area contributed by atoms with Gasteiger partial charge in [-0.1, -0.05) is 11.6 Å². The van der Waals surface area contributed by atoms with Crippen LogP contribution < -0.4 is 16.4 Å². The highest BCUT2D eigenvalue weighted by Gasteiger charge is 2.21. The number of anilines is 1. The van der Waals surface area contributed by atoms with Crippen molar-refractivity contribution in [3.05, 3.63) is 53.1 Å². The fraction of sp³-hybridized carbons (Fsp3) is 0.333. The molecule has 11 nitrogen and oxygen atoms in total. The molecule has 2 aromatic rings. The van der Waals surface area contributed by atoms with E-state index in [9.17, 15) is 14.4 Å². The number of ether oxygens (including phenoxy) is 2. The minimum Gasteiger partial charge on any atom is -0.508 e. The molecule has 2 rings (SSSR count). The van der Waals surface area contributed by atoms with Crippen molar-refractivity contribution >= 4 is 47.1 Å². The molecule has 0 spiro atoms. The maximum atomic E-state index is 12.0. The molecule has 0 saturated carbocycles. The summed E-state index contributed by atoms with van der Waals surface area (Å²) in [7, 11) is 0. The van der Waals surface area contributed by atoms with Crippen LogP contribution in [0.4, 0.5) is 21.0 Å². The number of aromatic carboxylic acids is 1. The smallest absolute Gasteiger partial charge is 0.414 e. The highest BCUT2D eigenvalue weighted by molar-refractivity contribution is 6.33. The summed E-state index contributed by atoms with van der Waals surface area (Å²) in [5.41, 5.74) is 4.72.